The summed E-state index contributed by atoms with van der Waals surface area (Å²) in [5.41, 5.74) is 1.03. The van der Waals surface area contributed by atoms with Crippen LogP contribution < -0.4 is 4.74 Å². The van der Waals surface area contributed by atoms with E-state index in [1.807, 2.05) is 0 Å². The number of nitrogens with zero attached hydrogens (tertiary/aromatic N) is 1. The Labute approximate surface area is 130 Å². The molecule has 0 spiro atoms. The molecule has 7 heteroatoms. The average molecular weight is 330 g/mol. The topological polar surface area (TPSA) is 52.4 Å². The van der Waals surface area contributed by atoms with Crippen molar-refractivity contribution < 1.29 is 14.1 Å². The molecule has 0 atom stereocenters. The third kappa shape index (κ3) is 3.83. The molecule has 0 aliphatic rings. The van der Waals surface area contributed by atoms with Crippen molar-refractivity contribution in [1.29, 1.82) is 0 Å². The van der Waals surface area contributed by atoms with Gasteiger partial charge in [0.25, 0.3) is 5.69 Å². The maximum atomic E-state index is 13.3. The molecule has 0 unspecified atom stereocenters. The maximum absolute atomic E-state index is 13.3. The van der Waals surface area contributed by atoms with Crippen LogP contribution in [-0.2, 0) is 12.5 Å². The van der Waals surface area contributed by atoms with Crippen molar-refractivity contribution >= 4 is 28.9 Å². The van der Waals surface area contributed by atoms with E-state index in [4.69, 9.17) is 27.9 Å². The highest BCUT2D eigenvalue weighted by molar-refractivity contribution is 6.30. The molecule has 0 saturated carbocycles. The van der Waals surface area contributed by atoms with Crippen molar-refractivity contribution in [1.82, 2.24) is 0 Å². The SMILES string of the molecule is O=[N+]([O-])c1ccc(OCc2ccc(Cl)c(F)c2)c(CCl)c1. The predicted molar refractivity (Wildman–Crippen MR) is 78.4 cm³/mol. The minimum atomic E-state index is -0.529. The van der Waals surface area contributed by atoms with Crippen molar-refractivity contribution in [2.75, 3.05) is 0 Å². The molecule has 0 aromatic heterocycles. The van der Waals surface area contributed by atoms with E-state index < -0.39 is 10.7 Å². The molecule has 0 fully saturated rings. The average Bonchev–Trinajstić information content (AvgIpc) is 2.48. The van der Waals surface area contributed by atoms with Gasteiger partial charge in [0.05, 0.1) is 15.8 Å². The van der Waals surface area contributed by atoms with Gasteiger partial charge in [-0.25, -0.2) is 4.39 Å². The third-order valence-corrected chi connectivity index (χ3v) is 3.37. The summed E-state index contributed by atoms with van der Waals surface area (Å²) in [5, 5.41) is 10.7. The van der Waals surface area contributed by atoms with Gasteiger partial charge in [0.2, 0.25) is 0 Å². The van der Waals surface area contributed by atoms with E-state index in [0.717, 1.165) is 0 Å². The molecule has 0 bridgehead atoms. The molecular weight excluding hydrogens is 320 g/mol. The number of hydrogen-bond donors (Lipinski definition) is 0. The summed E-state index contributed by atoms with van der Waals surface area (Å²) in [4.78, 5) is 10.2. The second-order valence-corrected chi connectivity index (χ2v) is 4.89. The van der Waals surface area contributed by atoms with Crippen LogP contribution >= 0.6 is 23.2 Å². The first-order valence-electron chi connectivity index (χ1n) is 5.91. The zero-order valence-electron chi connectivity index (χ0n) is 10.7. The number of hydrogen-bond acceptors (Lipinski definition) is 3. The first-order valence-corrected chi connectivity index (χ1v) is 6.82. The van der Waals surface area contributed by atoms with Crippen LogP contribution in [0.4, 0.5) is 10.1 Å². The highest BCUT2D eigenvalue weighted by Gasteiger charge is 2.11. The van der Waals surface area contributed by atoms with Gasteiger partial charge < -0.3 is 4.74 Å². The number of halogens is 3. The lowest BCUT2D eigenvalue weighted by Gasteiger charge is -2.10. The van der Waals surface area contributed by atoms with Crippen molar-refractivity contribution in [3.05, 3.63) is 68.5 Å². The van der Waals surface area contributed by atoms with Crippen LogP contribution in [-0.4, -0.2) is 4.92 Å². The molecule has 4 nitrogen and oxygen atoms in total. The van der Waals surface area contributed by atoms with Crippen LogP contribution in [0.5, 0.6) is 5.75 Å². The highest BCUT2D eigenvalue weighted by Crippen LogP contribution is 2.26. The van der Waals surface area contributed by atoms with Crippen LogP contribution in [0.15, 0.2) is 36.4 Å². The van der Waals surface area contributed by atoms with Gasteiger partial charge in [-0.1, -0.05) is 17.7 Å². The zero-order chi connectivity index (χ0) is 15.4. The van der Waals surface area contributed by atoms with Gasteiger partial charge in [0.15, 0.2) is 0 Å². The van der Waals surface area contributed by atoms with E-state index in [0.29, 0.717) is 16.9 Å². The Hall–Kier alpha value is -1.85. The van der Waals surface area contributed by atoms with Gasteiger partial charge in [0, 0.05) is 17.7 Å². The third-order valence-electron chi connectivity index (χ3n) is 2.78. The molecule has 0 radical (unpaired) electrons. The van der Waals surface area contributed by atoms with Crippen LogP contribution in [0.1, 0.15) is 11.1 Å². The van der Waals surface area contributed by atoms with E-state index in [1.54, 1.807) is 6.07 Å². The number of benzene rings is 2. The Morgan fingerprint density at radius 2 is 2.00 bits per heavy atom. The Morgan fingerprint density at radius 1 is 1.24 bits per heavy atom. The molecule has 110 valence electrons. The number of nitro groups is 1. The van der Waals surface area contributed by atoms with Crippen molar-refractivity contribution in [3.63, 3.8) is 0 Å². The van der Waals surface area contributed by atoms with Crippen molar-refractivity contribution in [3.8, 4) is 5.75 Å². The smallest absolute Gasteiger partial charge is 0.270 e. The second-order valence-electron chi connectivity index (χ2n) is 4.22. The normalized spacial score (nSPS) is 10.4. The lowest BCUT2D eigenvalue weighted by molar-refractivity contribution is -0.384. The first kappa shape index (κ1) is 15.5. The number of alkyl halides is 1. The largest absolute Gasteiger partial charge is 0.489 e. The Morgan fingerprint density at radius 3 is 2.62 bits per heavy atom. The summed E-state index contributed by atoms with van der Waals surface area (Å²) in [6.07, 6.45) is 0. The van der Waals surface area contributed by atoms with Gasteiger partial charge >= 0.3 is 0 Å². The summed E-state index contributed by atoms with van der Waals surface area (Å²) < 4.78 is 18.8. The van der Waals surface area contributed by atoms with Crippen LogP contribution in [0.3, 0.4) is 0 Å². The summed E-state index contributed by atoms with van der Waals surface area (Å²) in [5.74, 6) is -0.0311. The lowest BCUT2D eigenvalue weighted by atomic mass is 10.2. The standard InChI is InChI=1S/C14H10Cl2FNO3/c15-7-10-6-11(18(19)20)2-4-14(10)21-8-9-1-3-12(16)13(17)5-9/h1-6H,7-8H2. The molecule has 0 aliphatic carbocycles. The van der Waals surface area contributed by atoms with E-state index in [9.17, 15) is 14.5 Å². The van der Waals surface area contributed by atoms with Gasteiger partial charge in [-0.2, -0.15) is 0 Å². The van der Waals surface area contributed by atoms with Gasteiger partial charge in [0.1, 0.15) is 18.2 Å². The van der Waals surface area contributed by atoms with Crippen LogP contribution in [0.25, 0.3) is 0 Å². The second kappa shape index (κ2) is 6.74. The monoisotopic (exact) mass is 329 g/mol. The van der Waals surface area contributed by atoms with E-state index in [-0.39, 0.29) is 23.2 Å². The van der Waals surface area contributed by atoms with Crippen molar-refractivity contribution in [2.45, 2.75) is 12.5 Å². The molecule has 0 heterocycles. The zero-order valence-corrected chi connectivity index (χ0v) is 12.2. The summed E-state index contributed by atoms with van der Waals surface area (Å²) in [6.45, 7) is 0.107. The molecule has 0 saturated heterocycles. The fourth-order valence-electron chi connectivity index (χ4n) is 1.72. The van der Waals surface area contributed by atoms with Gasteiger partial charge in [-0.3, -0.25) is 10.1 Å². The van der Waals surface area contributed by atoms with Crippen LogP contribution in [0, 0.1) is 15.9 Å². The highest BCUT2D eigenvalue weighted by atomic mass is 35.5. The number of non-ortho nitro benzene ring substituents is 1. The molecule has 2 aromatic carbocycles. The molecule has 2 rings (SSSR count). The van der Waals surface area contributed by atoms with E-state index in [2.05, 4.69) is 0 Å². The van der Waals surface area contributed by atoms with Gasteiger partial charge in [-0.15, -0.1) is 11.6 Å². The predicted octanol–water partition coefficient (Wildman–Crippen LogP) is 4.71. The summed E-state index contributed by atoms with van der Waals surface area (Å²) in [7, 11) is 0. The Kier molecular flexibility index (Phi) is 4.98. The van der Waals surface area contributed by atoms with Crippen molar-refractivity contribution in [2.24, 2.45) is 0 Å². The minimum Gasteiger partial charge on any atom is -0.489 e. The fraction of sp³-hybridized carbons (Fsp3) is 0.143. The maximum Gasteiger partial charge on any atom is 0.270 e. The quantitative estimate of drug-likeness (QED) is 0.453. The number of nitro benzene ring substituents is 1. The van der Waals surface area contributed by atoms with Gasteiger partial charge in [-0.05, 0) is 23.8 Å². The Balaban J connectivity index is 2.15. The number of rotatable bonds is 5. The van der Waals surface area contributed by atoms with E-state index >= 15 is 0 Å². The molecule has 0 N–H and O–H groups in total. The fourth-order valence-corrected chi connectivity index (χ4v) is 2.04. The molecule has 2 aromatic rings. The molecular formula is C14H10Cl2FNO3. The first-order chi connectivity index (χ1) is 10.0. The summed E-state index contributed by atoms with van der Waals surface area (Å²) >= 11 is 11.4. The molecule has 0 amide bonds. The van der Waals surface area contributed by atoms with Crippen LogP contribution in [0.2, 0.25) is 5.02 Å². The molecule has 0 aliphatic heterocycles. The minimum absolute atomic E-state index is 0.0375. The number of ether oxygens (including phenoxy) is 1. The summed E-state index contributed by atoms with van der Waals surface area (Å²) in [6, 6.07) is 8.50. The van der Waals surface area contributed by atoms with E-state index in [1.165, 1.54) is 30.3 Å². The Bertz CT molecular complexity index is 679. The lowest BCUT2D eigenvalue weighted by Crippen LogP contribution is -1.99. The molecule has 21 heavy (non-hydrogen) atoms.